The van der Waals surface area contributed by atoms with Crippen molar-refractivity contribution < 1.29 is 24.2 Å². The number of benzene rings is 3. The molecule has 1 aliphatic heterocycles. The smallest absolute Gasteiger partial charge is 0.295 e. The van der Waals surface area contributed by atoms with Crippen LogP contribution in [0.4, 0.5) is 0 Å². The Labute approximate surface area is 196 Å². The third-order valence-corrected chi connectivity index (χ3v) is 5.88. The van der Waals surface area contributed by atoms with Crippen LogP contribution >= 0.6 is 11.6 Å². The number of aliphatic hydroxyl groups is 1. The van der Waals surface area contributed by atoms with Crippen LogP contribution < -0.4 is 9.47 Å². The van der Waals surface area contributed by atoms with Gasteiger partial charge in [0.15, 0.2) is 0 Å². The number of hydrogen-bond donors (Lipinski definition) is 1. The Morgan fingerprint density at radius 1 is 0.970 bits per heavy atom. The molecule has 1 amide bonds. The van der Waals surface area contributed by atoms with Crippen molar-refractivity contribution in [2.45, 2.75) is 12.6 Å². The van der Waals surface area contributed by atoms with Crippen LogP contribution in [0, 0.1) is 0 Å². The molecule has 1 aliphatic rings. The van der Waals surface area contributed by atoms with Crippen LogP contribution in [0.25, 0.3) is 5.76 Å². The van der Waals surface area contributed by atoms with Crippen molar-refractivity contribution in [1.82, 2.24) is 4.90 Å². The number of rotatable bonds is 6. The van der Waals surface area contributed by atoms with E-state index in [0.29, 0.717) is 27.6 Å². The normalized spacial score (nSPS) is 17.3. The lowest BCUT2D eigenvalue weighted by atomic mass is 9.95. The molecule has 1 saturated heterocycles. The van der Waals surface area contributed by atoms with E-state index in [9.17, 15) is 14.7 Å². The highest BCUT2D eigenvalue weighted by molar-refractivity contribution is 6.46. The summed E-state index contributed by atoms with van der Waals surface area (Å²) in [6.45, 7) is 0.169. The van der Waals surface area contributed by atoms with Gasteiger partial charge in [0, 0.05) is 12.1 Å². The van der Waals surface area contributed by atoms with Crippen molar-refractivity contribution >= 4 is 29.1 Å². The second-order valence-electron chi connectivity index (χ2n) is 7.54. The molecule has 3 aromatic rings. The fraction of sp³-hybridized carbons (Fsp3) is 0.154. The van der Waals surface area contributed by atoms with E-state index < -0.39 is 17.7 Å². The lowest BCUT2D eigenvalue weighted by molar-refractivity contribution is -0.140. The summed E-state index contributed by atoms with van der Waals surface area (Å²) in [5, 5.41) is 11.5. The number of carbonyl (C=O) groups excluding carboxylic acids is 2. The molecule has 33 heavy (non-hydrogen) atoms. The van der Waals surface area contributed by atoms with E-state index in [-0.39, 0.29) is 17.9 Å². The van der Waals surface area contributed by atoms with Crippen LogP contribution in [0.5, 0.6) is 11.5 Å². The van der Waals surface area contributed by atoms with Gasteiger partial charge in [-0.3, -0.25) is 9.59 Å². The number of likely N-dealkylation sites (tertiary alicyclic amines) is 1. The quantitative estimate of drug-likeness (QED) is 0.317. The molecule has 0 spiro atoms. The summed E-state index contributed by atoms with van der Waals surface area (Å²) in [6, 6.07) is 20.4. The monoisotopic (exact) mass is 463 g/mol. The molecule has 0 radical (unpaired) electrons. The molecular formula is C26H22ClNO5. The first kappa shape index (κ1) is 22.4. The van der Waals surface area contributed by atoms with E-state index in [2.05, 4.69) is 0 Å². The van der Waals surface area contributed by atoms with Crippen LogP contribution in [-0.4, -0.2) is 35.9 Å². The molecule has 7 heteroatoms. The van der Waals surface area contributed by atoms with E-state index in [1.165, 1.54) is 18.1 Å². The highest BCUT2D eigenvalue weighted by Gasteiger charge is 2.46. The molecule has 4 rings (SSSR count). The van der Waals surface area contributed by atoms with Gasteiger partial charge in [-0.2, -0.15) is 0 Å². The minimum absolute atomic E-state index is 0.0125. The first-order valence-electron chi connectivity index (χ1n) is 10.2. The Morgan fingerprint density at radius 3 is 2.42 bits per heavy atom. The minimum Gasteiger partial charge on any atom is -0.507 e. The van der Waals surface area contributed by atoms with Gasteiger partial charge in [0.05, 0.1) is 30.9 Å². The van der Waals surface area contributed by atoms with Gasteiger partial charge in [-0.25, -0.2) is 0 Å². The third kappa shape index (κ3) is 4.30. The van der Waals surface area contributed by atoms with Gasteiger partial charge in [-0.05, 0) is 41.5 Å². The van der Waals surface area contributed by atoms with Gasteiger partial charge in [0.2, 0.25) is 0 Å². The second-order valence-corrected chi connectivity index (χ2v) is 7.95. The number of aliphatic hydroxyl groups excluding tert-OH is 1. The Morgan fingerprint density at radius 2 is 1.73 bits per heavy atom. The summed E-state index contributed by atoms with van der Waals surface area (Å²) in [7, 11) is 3.03. The van der Waals surface area contributed by atoms with Crippen LogP contribution in [0.3, 0.4) is 0 Å². The summed E-state index contributed by atoms with van der Waals surface area (Å²) in [6.07, 6.45) is 0. The SMILES string of the molecule is COc1cccc(CN2C(=O)C(=O)/C(=C(\O)c3ccc(Cl)c(OC)c3)C2c2ccccc2)c1. The van der Waals surface area contributed by atoms with E-state index in [1.807, 2.05) is 48.5 Å². The molecule has 0 saturated carbocycles. The molecular weight excluding hydrogens is 442 g/mol. The Kier molecular flexibility index (Phi) is 6.38. The Balaban J connectivity index is 1.84. The van der Waals surface area contributed by atoms with Gasteiger partial charge >= 0.3 is 0 Å². The molecule has 3 aromatic carbocycles. The molecule has 1 fully saturated rings. The largest absolute Gasteiger partial charge is 0.507 e. The lowest BCUT2D eigenvalue weighted by Gasteiger charge is -2.25. The Bertz CT molecular complexity index is 1240. The zero-order valence-corrected chi connectivity index (χ0v) is 18.9. The van der Waals surface area contributed by atoms with E-state index in [1.54, 1.807) is 25.3 Å². The maximum atomic E-state index is 13.2. The molecule has 0 bridgehead atoms. The van der Waals surface area contributed by atoms with Crippen molar-refractivity contribution in [3.8, 4) is 11.5 Å². The van der Waals surface area contributed by atoms with Crippen LogP contribution in [0.1, 0.15) is 22.7 Å². The average molecular weight is 464 g/mol. The minimum atomic E-state index is -0.765. The molecule has 1 unspecified atom stereocenters. The van der Waals surface area contributed by atoms with Crippen molar-refractivity contribution in [3.63, 3.8) is 0 Å². The molecule has 0 aliphatic carbocycles. The molecule has 0 aromatic heterocycles. The molecule has 1 N–H and O–H groups in total. The highest BCUT2D eigenvalue weighted by atomic mass is 35.5. The molecule has 1 heterocycles. The number of Topliss-reactive ketones (excluding diaryl/α,β-unsaturated/α-hetero) is 1. The average Bonchev–Trinajstić information content (AvgIpc) is 3.09. The lowest BCUT2D eigenvalue weighted by Crippen LogP contribution is -2.29. The maximum Gasteiger partial charge on any atom is 0.295 e. The van der Waals surface area contributed by atoms with Gasteiger partial charge in [-0.15, -0.1) is 0 Å². The predicted octanol–water partition coefficient (Wildman–Crippen LogP) is 4.98. The zero-order chi connectivity index (χ0) is 23.5. The number of carbonyl (C=O) groups is 2. The third-order valence-electron chi connectivity index (χ3n) is 5.57. The van der Waals surface area contributed by atoms with Crippen LogP contribution in [-0.2, 0) is 16.1 Å². The fourth-order valence-corrected chi connectivity index (χ4v) is 4.15. The second kappa shape index (κ2) is 9.38. The number of hydrogen-bond acceptors (Lipinski definition) is 5. The van der Waals surface area contributed by atoms with E-state index in [0.717, 1.165) is 5.56 Å². The zero-order valence-electron chi connectivity index (χ0n) is 18.1. The highest BCUT2D eigenvalue weighted by Crippen LogP contribution is 2.41. The van der Waals surface area contributed by atoms with Crippen molar-refractivity contribution in [3.05, 3.63) is 100 Å². The number of halogens is 1. The van der Waals surface area contributed by atoms with E-state index in [4.69, 9.17) is 21.1 Å². The van der Waals surface area contributed by atoms with Crippen molar-refractivity contribution in [1.29, 1.82) is 0 Å². The first-order chi connectivity index (χ1) is 15.9. The fourth-order valence-electron chi connectivity index (χ4n) is 3.96. The summed E-state index contributed by atoms with van der Waals surface area (Å²) in [4.78, 5) is 27.7. The maximum absolute atomic E-state index is 13.2. The standard InChI is InChI=1S/C26H22ClNO5/c1-32-19-10-6-7-16(13-19)15-28-23(17-8-4-3-5-9-17)22(25(30)26(28)31)24(29)18-11-12-20(27)21(14-18)33-2/h3-14,23,29H,15H2,1-2H3/b24-22-. The number of nitrogens with zero attached hydrogens (tertiary/aromatic N) is 1. The summed E-state index contributed by atoms with van der Waals surface area (Å²) in [5.74, 6) is -0.728. The molecule has 168 valence electrons. The Hall–Kier alpha value is -3.77. The van der Waals surface area contributed by atoms with Gasteiger partial charge < -0.3 is 19.5 Å². The van der Waals surface area contributed by atoms with Crippen LogP contribution in [0.15, 0.2) is 78.4 Å². The first-order valence-corrected chi connectivity index (χ1v) is 10.6. The van der Waals surface area contributed by atoms with Gasteiger partial charge in [0.25, 0.3) is 11.7 Å². The summed E-state index contributed by atoms with van der Waals surface area (Å²) < 4.78 is 10.5. The van der Waals surface area contributed by atoms with Crippen molar-refractivity contribution in [2.24, 2.45) is 0 Å². The number of amides is 1. The topological polar surface area (TPSA) is 76.1 Å². The molecule has 6 nitrogen and oxygen atoms in total. The van der Waals surface area contributed by atoms with Crippen molar-refractivity contribution in [2.75, 3.05) is 14.2 Å². The van der Waals surface area contributed by atoms with Crippen LogP contribution in [0.2, 0.25) is 5.02 Å². The predicted molar refractivity (Wildman–Crippen MR) is 125 cm³/mol. The number of ketones is 1. The van der Waals surface area contributed by atoms with E-state index >= 15 is 0 Å². The van der Waals surface area contributed by atoms with Gasteiger partial charge in [-0.1, -0.05) is 54.1 Å². The summed E-state index contributed by atoms with van der Waals surface area (Å²) >= 11 is 6.11. The molecule has 1 atom stereocenters. The summed E-state index contributed by atoms with van der Waals surface area (Å²) in [5.41, 5.74) is 1.85. The number of methoxy groups -OCH3 is 2. The number of ether oxygens (including phenoxy) is 2. The van der Waals surface area contributed by atoms with Gasteiger partial charge in [0.1, 0.15) is 17.3 Å².